The highest BCUT2D eigenvalue weighted by molar-refractivity contribution is 5.40. The lowest BCUT2D eigenvalue weighted by molar-refractivity contribution is 1.07. The SMILES string of the molecule is Cc1[nH]cnc1N(C)C. The van der Waals surface area contributed by atoms with Gasteiger partial charge in [0.15, 0.2) is 0 Å². The lowest BCUT2D eigenvalue weighted by Gasteiger charge is -2.07. The first-order valence-electron chi connectivity index (χ1n) is 2.89. The van der Waals surface area contributed by atoms with Gasteiger partial charge in [-0.25, -0.2) is 4.98 Å². The van der Waals surface area contributed by atoms with E-state index in [1.165, 1.54) is 0 Å². The van der Waals surface area contributed by atoms with Crippen molar-refractivity contribution in [2.45, 2.75) is 6.92 Å². The van der Waals surface area contributed by atoms with E-state index in [4.69, 9.17) is 0 Å². The molecule has 1 N–H and O–H groups in total. The normalized spacial score (nSPS) is 9.67. The summed E-state index contributed by atoms with van der Waals surface area (Å²) in [5.41, 5.74) is 1.11. The van der Waals surface area contributed by atoms with Crippen molar-refractivity contribution in [2.24, 2.45) is 0 Å². The standard InChI is InChI=1S/C6H11N3/c1-5-6(9(2)3)8-4-7-5/h4H,1-3H3,(H,7,8). The molecule has 1 heterocycles. The minimum atomic E-state index is 1.01. The maximum Gasteiger partial charge on any atom is 0.149 e. The predicted octanol–water partition coefficient (Wildman–Crippen LogP) is 0.784. The zero-order chi connectivity index (χ0) is 6.85. The van der Waals surface area contributed by atoms with Gasteiger partial charge in [-0.05, 0) is 6.92 Å². The van der Waals surface area contributed by atoms with Crippen molar-refractivity contribution in [3.8, 4) is 0 Å². The molecule has 1 aromatic heterocycles. The van der Waals surface area contributed by atoms with E-state index in [1.54, 1.807) is 6.33 Å². The molecule has 0 aliphatic heterocycles. The molecule has 0 aliphatic rings. The van der Waals surface area contributed by atoms with Gasteiger partial charge in [0.1, 0.15) is 5.82 Å². The van der Waals surface area contributed by atoms with Crippen molar-refractivity contribution in [1.29, 1.82) is 0 Å². The monoisotopic (exact) mass is 125 g/mol. The number of imidazole rings is 1. The van der Waals surface area contributed by atoms with Gasteiger partial charge in [-0.2, -0.15) is 0 Å². The van der Waals surface area contributed by atoms with Gasteiger partial charge in [0.25, 0.3) is 0 Å². The summed E-state index contributed by atoms with van der Waals surface area (Å²) in [7, 11) is 3.95. The Hall–Kier alpha value is -0.990. The summed E-state index contributed by atoms with van der Waals surface area (Å²) in [5, 5.41) is 0. The largest absolute Gasteiger partial charge is 0.361 e. The van der Waals surface area contributed by atoms with E-state index in [-0.39, 0.29) is 0 Å². The first kappa shape index (κ1) is 6.13. The van der Waals surface area contributed by atoms with Crippen LogP contribution in [0.15, 0.2) is 6.33 Å². The Balaban J connectivity index is 2.94. The van der Waals surface area contributed by atoms with Gasteiger partial charge in [0, 0.05) is 14.1 Å². The molecule has 0 unspecified atom stereocenters. The molecule has 0 amide bonds. The summed E-state index contributed by atoms with van der Waals surface area (Å²) in [6.45, 7) is 2.00. The van der Waals surface area contributed by atoms with Gasteiger partial charge in [0.2, 0.25) is 0 Å². The van der Waals surface area contributed by atoms with E-state index >= 15 is 0 Å². The van der Waals surface area contributed by atoms with Crippen LogP contribution in [0.3, 0.4) is 0 Å². The maximum absolute atomic E-state index is 4.09. The number of hydrogen-bond acceptors (Lipinski definition) is 2. The Bertz CT molecular complexity index is 190. The zero-order valence-electron chi connectivity index (χ0n) is 5.97. The van der Waals surface area contributed by atoms with Crippen LogP contribution in [0.1, 0.15) is 5.69 Å². The van der Waals surface area contributed by atoms with Crippen LogP contribution in [-0.2, 0) is 0 Å². The van der Waals surface area contributed by atoms with Gasteiger partial charge >= 0.3 is 0 Å². The maximum atomic E-state index is 4.09. The zero-order valence-corrected chi connectivity index (χ0v) is 5.97. The molecule has 3 nitrogen and oxygen atoms in total. The fourth-order valence-electron chi connectivity index (χ4n) is 0.802. The lowest BCUT2D eigenvalue weighted by Crippen LogP contribution is -2.09. The molecule has 0 aromatic carbocycles. The second kappa shape index (κ2) is 2.09. The molecule has 1 aromatic rings. The first-order chi connectivity index (χ1) is 4.22. The molecule has 0 spiro atoms. The Morgan fingerprint density at radius 2 is 2.22 bits per heavy atom. The Kier molecular flexibility index (Phi) is 1.42. The third kappa shape index (κ3) is 1.04. The first-order valence-corrected chi connectivity index (χ1v) is 2.89. The summed E-state index contributed by atoms with van der Waals surface area (Å²) < 4.78 is 0. The number of anilines is 1. The molecule has 0 bridgehead atoms. The van der Waals surface area contributed by atoms with Crippen molar-refractivity contribution >= 4 is 5.82 Å². The molecule has 1 rings (SSSR count). The minimum absolute atomic E-state index is 1.01. The van der Waals surface area contributed by atoms with E-state index in [1.807, 2.05) is 25.9 Å². The van der Waals surface area contributed by atoms with Crippen LogP contribution >= 0.6 is 0 Å². The second-order valence-electron chi connectivity index (χ2n) is 2.25. The van der Waals surface area contributed by atoms with Crippen LogP contribution in [0.5, 0.6) is 0 Å². The fourth-order valence-corrected chi connectivity index (χ4v) is 0.802. The molecule has 0 radical (unpaired) electrons. The van der Waals surface area contributed by atoms with Crippen molar-refractivity contribution in [3.05, 3.63) is 12.0 Å². The molecule has 0 atom stereocenters. The van der Waals surface area contributed by atoms with E-state index < -0.39 is 0 Å². The summed E-state index contributed by atoms with van der Waals surface area (Å²) in [6.07, 6.45) is 1.70. The van der Waals surface area contributed by atoms with Crippen LogP contribution in [0.25, 0.3) is 0 Å². The van der Waals surface area contributed by atoms with Crippen molar-refractivity contribution in [1.82, 2.24) is 9.97 Å². The summed E-state index contributed by atoms with van der Waals surface area (Å²) in [6, 6.07) is 0. The summed E-state index contributed by atoms with van der Waals surface area (Å²) in [4.78, 5) is 9.06. The number of H-pyrrole nitrogens is 1. The quantitative estimate of drug-likeness (QED) is 0.601. The molecular weight excluding hydrogens is 114 g/mol. The fraction of sp³-hybridized carbons (Fsp3) is 0.500. The Morgan fingerprint density at radius 3 is 2.44 bits per heavy atom. The smallest absolute Gasteiger partial charge is 0.149 e. The van der Waals surface area contributed by atoms with Crippen LogP contribution < -0.4 is 4.90 Å². The highest BCUT2D eigenvalue weighted by Gasteiger charge is 1.99. The lowest BCUT2D eigenvalue weighted by atomic mass is 10.5. The number of rotatable bonds is 1. The van der Waals surface area contributed by atoms with Gasteiger partial charge < -0.3 is 9.88 Å². The molecule has 0 saturated carbocycles. The third-order valence-corrected chi connectivity index (χ3v) is 1.23. The molecule has 50 valence electrons. The highest BCUT2D eigenvalue weighted by atomic mass is 15.2. The van der Waals surface area contributed by atoms with Crippen LogP contribution in [0, 0.1) is 6.92 Å². The van der Waals surface area contributed by atoms with Crippen LogP contribution in [0.2, 0.25) is 0 Å². The van der Waals surface area contributed by atoms with Crippen LogP contribution in [-0.4, -0.2) is 24.1 Å². The number of aromatic amines is 1. The number of nitrogens with zero attached hydrogens (tertiary/aromatic N) is 2. The van der Waals surface area contributed by atoms with Crippen molar-refractivity contribution in [2.75, 3.05) is 19.0 Å². The second-order valence-corrected chi connectivity index (χ2v) is 2.25. The number of aryl methyl sites for hydroxylation is 1. The van der Waals surface area contributed by atoms with E-state index in [0.29, 0.717) is 0 Å². The molecule has 9 heavy (non-hydrogen) atoms. The topological polar surface area (TPSA) is 31.9 Å². The van der Waals surface area contributed by atoms with E-state index in [2.05, 4.69) is 9.97 Å². The Morgan fingerprint density at radius 1 is 1.56 bits per heavy atom. The van der Waals surface area contributed by atoms with Gasteiger partial charge in [0.05, 0.1) is 12.0 Å². The number of aromatic nitrogens is 2. The number of hydrogen-bond donors (Lipinski definition) is 1. The molecular formula is C6H11N3. The molecule has 0 saturated heterocycles. The van der Waals surface area contributed by atoms with Gasteiger partial charge in [-0.1, -0.05) is 0 Å². The van der Waals surface area contributed by atoms with Crippen molar-refractivity contribution in [3.63, 3.8) is 0 Å². The molecule has 0 fully saturated rings. The Labute approximate surface area is 54.7 Å². The molecule has 3 heteroatoms. The number of nitrogens with one attached hydrogen (secondary N) is 1. The van der Waals surface area contributed by atoms with E-state index in [0.717, 1.165) is 11.5 Å². The minimum Gasteiger partial charge on any atom is -0.361 e. The summed E-state index contributed by atoms with van der Waals surface area (Å²) >= 11 is 0. The van der Waals surface area contributed by atoms with Gasteiger partial charge in [-0.15, -0.1) is 0 Å². The average Bonchev–Trinajstić information content (AvgIpc) is 2.13. The average molecular weight is 125 g/mol. The van der Waals surface area contributed by atoms with Crippen LogP contribution in [0.4, 0.5) is 5.82 Å². The highest BCUT2D eigenvalue weighted by Crippen LogP contribution is 2.09. The van der Waals surface area contributed by atoms with Gasteiger partial charge in [-0.3, -0.25) is 0 Å². The third-order valence-electron chi connectivity index (χ3n) is 1.23. The van der Waals surface area contributed by atoms with Crippen molar-refractivity contribution < 1.29 is 0 Å². The molecule has 0 aliphatic carbocycles. The summed E-state index contributed by atoms with van der Waals surface area (Å²) in [5.74, 6) is 1.01. The van der Waals surface area contributed by atoms with E-state index in [9.17, 15) is 0 Å². The predicted molar refractivity (Wildman–Crippen MR) is 37.7 cm³/mol.